The second-order valence-electron chi connectivity index (χ2n) is 4.85. The molecule has 0 bridgehead atoms. The summed E-state index contributed by atoms with van der Waals surface area (Å²) in [5.41, 5.74) is 0.955. The summed E-state index contributed by atoms with van der Waals surface area (Å²) in [6.45, 7) is 11.7. The molecule has 0 radical (unpaired) electrons. The zero-order chi connectivity index (χ0) is 14.1. The number of ether oxygens (including phenoxy) is 2. The predicted molar refractivity (Wildman–Crippen MR) is 73.9 cm³/mol. The number of rotatable bonds is 10. The summed E-state index contributed by atoms with van der Waals surface area (Å²) in [5.74, 6) is 0. The highest BCUT2D eigenvalue weighted by Crippen LogP contribution is 1.96. The smallest absolute Gasteiger partial charge is 0.0964 e. The summed E-state index contributed by atoms with van der Waals surface area (Å²) in [5, 5.41) is 11.5. The van der Waals surface area contributed by atoms with Crippen molar-refractivity contribution >= 4 is 0 Å². The van der Waals surface area contributed by atoms with Crippen LogP contribution in [-0.2, 0) is 22.6 Å². The highest BCUT2D eigenvalue weighted by molar-refractivity contribution is 4.91. The predicted octanol–water partition coefficient (Wildman–Crippen LogP) is 1.22. The van der Waals surface area contributed by atoms with Crippen LogP contribution in [0.15, 0.2) is 6.20 Å². The molecule has 0 aliphatic rings. The van der Waals surface area contributed by atoms with Crippen molar-refractivity contribution in [3.8, 4) is 0 Å². The van der Waals surface area contributed by atoms with Gasteiger partial charge in [-0.1, -0.05) is 19.1 Å². The normalized spacial score (nSPS) is 13.1. The van der Waals surface area contributed by atoms with Gasteiger partial charge in [0.25, 0.3) is 0 Å². The maximum atomic E-state index is 5.63. The first-order valence-corrected chi connectivity index (χ1v) is 6.93. The number of nitrogens with zero attached hydrogens (tertiary/aromatic N) is 3. The van der Waals surface area contributed by atoms with Crippen LogP contribution in [0.25, 0.3) is 0 Å². The van der Waals surface area contributed by atoms with Gasteiger partial charge >= 0.3 is 0 Å². The Morgan fingerprint density at radius 2 is 2.16 bits per heavy atom. The standard InChI is InChI=1S/C13H26N4O2/c1-5-18-10-12(4)19-7-6-17-9-13(15-16-17)8-14-11(2)3/h9,11-12,14H,5-8,10H2,1-4H3. The Balaban J connectivity index is 2.19. The van der Waals surface area contributed by atoms with Crippen molar-refractivity contribution in [1.82, 2.24) is 20.3 Å². The zero-order valence-electron chi connectivity index (χ0n) is 12.4. The van der Waals surface area contributed by atoms with Crippen LogP contribution in [0.4, 0.5) is 0 Å². The molecule has 0 amide bonds. The second kappa shape index (κ2) is 9.01. The maximum Gasteiger partial charge on any atom is 0.0964 e. The van der Waals surface area contributed by atoms with Crippen LogP contribution < -0.4 is 5.32 Å². The minimum atomic E-state index is 0.116. The van der Waals surface area contributed by atoms with E-state index in [4.69, 9.17) is 9.47 Å². The lowest BCUT2D eigenvalue weighted by Gasteiger charge is -2.12. The van der Waals surface area contributed by atoms with Gasteiger partial charge in [-0.3, -0.25) is 0 Å². The van der Waals surface area contributed by atoms with Crippen molar-refractivity contribution in [2.75, 3.05) is 19.8 Å². The van der Waals surface area contributed by atoms with Crippen molar-refractivity contribution in [3.05, 3.63) is 11.9 Å². The monoisotopic (exact) mass is 270 g/mol. The molecule has 1 rings (SSSR count). The number of hydrogen-bond donors (Lipinski definition) is 1. The van der Waals surface area contributed by atoms with Crippen LogP contribution in [0.5, 0.6) is 0 Å². The molecule has 0 fully saturated rings. The molecular formula is C13H26N4O2. The molecule has 6 nitrogen and oxygen atoms in total. The van der Waals surface area contributed by atoms with E-state index in [-0.39, 0.29) is 6.10 Å². The van der Waals surface area contributed by atoms with E-state index < -0.39 is 0 Å². The third-order valence-electron chi connectivity index (χ3n) is 2.56. The SMILES string of the molecule is CCOCC(C)OCCn1cc(CNC(C)C)nn1. The molecule has 1 N–H and O–H groups in total. The lowest BCUT2D eigenvalue weighted by Crippen LogP contribution is -2.22. The number of hydrogen-bond acceptors (Lipinski definition) is 5. The van der Waals surface area contributed by atoms with Crippen molar-refractivity contribution in [2.24, 2.45) is 0 Å². The van der Waals surface area contributed by atoms with E-state index in [0.717, 1.165) is 18.8 Å². The van der Waals surface area contributed by atoms with Crippen LogP contribution in [0, 0.1) is 0 Å². The number of nitrogens with one attached hydrogen (secondary N) is 1. The molecule has 1 aromatic heterocycles. The quantitative estimate of drug-likeness (QED) is 0.692. The molecule has 0 aromatic carbocycles. The Hall–Kier alpha value is -0.980. The molecule has 6 heteroatoms. The van der Waals surface area contributed by atoms with Crippen LogP contribution in [-0.4, -0.2) is 47.0 Å². The van der Waals surface area contributed by atoms with Crippen LogP contribution in [0.1, 0.15) is 33.4 Å². The lowest BCUT2D eigenvalue weighted by atomic mass is 10.3. The Kier molecular flexibility index (Phi) is 7.62. The Morgan fingerprint density at radius 3 is 2.84 bits per heavy atom. The Bertz CT molecular complexity index is 341. The fourth-order valence-electron chi connectivity index (χ4n) is 1.52. The van der Waals surface area contributed by atoms with E-state index in [0.29, 0.717) is 25.8 Å². The van der Waals surface area contributed by atoms with Crippen LogP contribution in [0.3, 0.4) is 0 Å². The first kappa shape index (κ1) is 16.1. The minimum Gasteiger partial charge on any atom is -0.379 e. The van der Waals surface area contributed by atoms with Crippen molar-refractivity contribution < 1.29 is 9.47 Å². The summed E-state index contributed by atoms with van der Waals surface area (Å²) >= 11 is 0. The third-order valence-corrected chi connectivity index (χ3v) is 2.56. The van der Waals surface area contributed by atoms with Gasteiger partial charge in [0.05, 0.1) is 31.6 Å². The lowest BCUT2D eigenvalue weighted by molar-refractivity contribution is -0.00688. The topological polar surface area (TPSA) is 61.2 Å². The average molecular weight is 270 g/mol. The van der Waals surface area contributed by atoms with Gasteiger partial charge in [0, 0.05) is 25.4 Å². The minimum absolute atomic E-state index is 0.116. The third kappa shape index (κ3) is 7.25. The van der Waals surface area contributed by atoms with E-state index in [1.807, 2.05) is 24.7 Å². The molecule has 1 unspecified atom stereocenters. The van der Waals surface area contributed by atoms with Crippen molar-refractivity contribution in [2.45, 2.75) is 52.9 Å². The van der Waals surface area contributed by atoms with E-state index in [1.54, 1.807) is 0 Å². The molecule has 0 aliphatic heterocycles. The average Bonchev–Trinajstić information content (AvgIpc) is 2.82. The van der Waals surface area contributed by atoms with Gasteiger partial charge in [-0.25, -0.2) is 4.68 Å². The van der Waals surface area contributed by atoms with E-state index in [2.05, 4.69) is 29.5 Å². The molecule has 19 heavy (non-hydrogen) atoms. The van der Waals surface area contributed by atoms with Crippen LogP contribution >= 0.6 is 0 Å². The molecular weight excluding hydrogens is 244 g/mol. The maximum absolute atomic E-state index is 5.63. The Morgan fingerprint density at radius 1 is 1.37 bits per heavy atom. The van der Waals surface area contributed by atoms with Crippen molar-refractivity contribution in [1.29, 1.82) is 0 Å². The van der Waals surface area contributed by atoms with Crippen LogP contribution in [0.2, 0.25) is 0 Å². The van der Waals surface area contributed by atoms with Gasteiger partial charge in [0.2, 0.25) is 0 Å². The highest BCUT2D eigenvalue weighted by Gasteiger charge is 2.04. The zero-order valence-corrected chi connectivity index (χ0v) is 12.4. The van der Waals surface area contributed by atoms with Gasteiger partial charge in [0.1, 0.15) is 0 Å². The molecule has 1 aromatic rings. The molecule has 0 saturated carbocycles. The molecule has 0 spiro atoms. The molecule has 1 heterocycles. The molecule has 0 saturated heterocycles. The summed E-state index contributed by atoms with van der Waals surface area (Å²) in [7, 11) is 0. The van der Waals surface area contributed by atoms with E-state index >= 15 is 0 Å². The fraction of sp³-hybridized carbons (Fsp3) is 0.846. The summed E-state index contributed by atoms with van der Waals surface area (Å²) in [4.78, 5) is 0. The highest BCUT2D eigenvalue weighted by atomic mass is 16.5. The molecule has 110 valence electrons. The van der Waals surface area contributed by atoms with Gasteiger partial charge in [-0.05, 0) is 13.8 Å². The number of aromatic nitrogens is 3. The first-order valence-electron chi connectivity index (χ1n) is 6.93. The first-order chi connectivity index (χ1) is 9.11. The van der Waals surface area contributed by atoms with Gasteiger partial charge in [-0.2, -0.15) is 0 Å². The second-order valence-corrected chi connectivity index (χ2v) is 4.85. The summed E-state index contributed by atoms with van der Waals surface area (Å²) in [6, 6.07) is 0.452. The Labute approximate surface area is 115 Å². The summed E-state index contributed by atoms with van der Waals surface area (Å²) < 4.78 is 12.7. The molecule has 0 aliphatic carbocycles. The largest absolute Gasteiger partial charge is 0.379 e. The van der Waals surface area contributed by atoms with E-state index in [9.17, 15) is 0 Å². The van der Waals surface area contributed by atoms with Crippen molar-refractivity contribution in [3.63, 3.8) is 0 Å². The van der Waals surface area contributed by atoms with Gasteiger partial charge in [-0.15, -0.1) is 5.10 Å². The van der Waals surface area contributed by atoms with Gasteiger partial charge in [0.15, 0.2) is 0 Å². The molecule has 1 atom stereocenters. The van der Waals surface area contributed by atoms with Gasteiger partial charge < -0.3 is 14.8 Å². The summed E-state index contributed by atoms with van der Waals surface area (Å²) in [6.07, 6.45) is 2.07. The van der Waals surface area contributed by atoms with E-state index in [1.165, 1.54) is 0 Å². The fourth-order valence-corrected chi connectivity index (χ4v) is 1.52.